The van der Waals surface area contributed by atoms with Crippen LogP contribution in [0.1, 0.15) is 32.4 Å². The van der Waals surface area contributed by atoms with E-state index in [1.807, 2.05) is 12.1 Å². The summed E-state index contributed by atoms with van der Waals surface area (Å²) in [5.41, 5.74) is 0.992. The second kappa shape index (κ2) is 7.34. The van der Waals surface area contributed by atoms with E-state index >= 15 is 0 Å². The molecule has 1 aromatic rings. The van der Waals surface area contributed by atoms with Gasteiger partial charge < -0.3 is 10.1 Å². The SMILES string of the molecule is CCNC(c1cccc(Cl)c1Cl)C(OC)C(C)C. The summed E-state index contributed by atoms with van der Waals surface area (Å²) in [6.07, 6.45) is 0.0564. The van der Waals surface area contributed by atoms with E-state index in [1.54, 1.807) is 13.2 Å². The largest absolute Gasteiger partial charge is 0.379 e. The van der Waals surface area contributed by atoms with Crippen LogP contribution in [0.15, 0.2) is 18.2 Å². The highest BCUT2D eigenvalue weighted by Gasteiger charge is 2.27. The van der Waals surface area contributed by atoms with Crippen LogP contribution in [0.4, 0.5) is 0 Å². The first-order valence-electron chi connectivity index (χ1n) is 6.23. The van der Waals surface area contributed by atoms with Gasteiger partial charge in [0.2, 0.25) is 0 Å². The summed E-state index contributed by atoms with van der Waals surface area (Å²) >= 11 is 12.4. The Morgan fingerprint density at radius 2 is 1.94 bits per heavy atom. The number of hydrogen-bond acceptors (Lipinski definition) is 2. The third kappa shape index (κ3) is 3.61. The van der Waals surface area contributed by atoms with Gasteiger partial charge in [-0.15, -0.1) is 0 Å². The van der Waals surface area contributed by atoms with Crippen molar-refractivity contribution < 1.29 is 4.74 Å². The van der Waals surface area contributed by atoms with Gasteiger partial charge in [0.25, 0.3) is 0 Å². The Kier molecular flexibility index (Phi) is 6.44. The molecule has 2 unspecified atom stereocenters. The molecule has 0 aliphatic carbocycles. The Hall–Kier alpha value is -0.280. The third-order valence-electron chi connectivity index (χ3n) is 3.00. The van der Waals surface area contributed by atoms with Crippen molar-refractivity contribution in [3.05, 3.63) is 33.8 Å². The van der Waals surface area contributed by atoms with Gasteiger partial charge in [0.05, 0.1) is 22.2 Å². The molecule has 1 aromatic carbocycles. The summed E-state index contributed by atoms with van der Waals surface area (Å²) in [5.74, 6) is 0.383. The Balaban J connectivity index is 3.14. The number of hydrogen-bond donors (Lipinski definition) is 1. The molecule has 0 spiro atoms. The van der Waals surface area contributed by atoms with E-state index in [4.69, 9.17) is 27.9 Å². The highest BCUT2D eigenvalue weighted by Crippen LogP contribution is 2.33. The number of halogens is 2. The van der Waals surface area contributed by atoms with Crippen molar-refractivity contribution in [2.75, 3.05) is 13.7 Å². The average Bonchev–Trinajstić information content (AvgIpc) is 2.32. The van der Waals surface area contributed by atoms with Crippen molar-refractivity contribution >= 4 is 23.2 Å². The van der Waals surface area contributed by atoms with Gasteiger partial charge in [0.1, 0.15) is 0 Å². The second-order valence-corrected chi connectivity index (χ2v) is 5.41. The zero-order valence-corrected chi connectivity index (χ0v) is 12.8. The lowest BCUT2D eigenvalue weighted by molar-refractivity contribution is 0.0331. The average molecular weight is 290 g/mol. The number of methoxy groups -OCH3 is 1. The molecule has 0 saturated carbocycles. The van der Waals surface area contributed by atoms with Crippen LogP contribution >= 0.6 is 23.2 Å². The standard InChI is InChI=1S/C14H21Cl2NO/c1-5-17-13(14(18-4)9(2)3)10-7-6-8-11(15)12(10)16/h6-9,13-14,17H,5H2,1-4H3. The lowest BCUT2D eigenvalue weighted by Gasteiger charge is -2.30. The maximum atomic E-state index is 6.30. The molecule has 18 heavy (non-hydrogen) atoms. The van der Waals surface area contributed by atoms with Crippen molar-refractivity contribution in [3.8, 4) is 0 Å². The summed E-state index contributed by atoms with van der Waals surface area (Å²) in [6, 6.07) is 5.76. The molecule has 0 bridgehead atoms. The van der Waals surface area contributed by atoms with Crippen LogP contribution in [0, 0.1) is 5.92 Å². The van der Waals surface area contributed by atoms with Gasteiger partial charge in [-0.05, 0) is 24.1 Å². The Morgan fingerprint density at radius 3 is 2.44 bits per heavy atom. The predicted octanol–water partition coefficient (Wildman–Crippen LogP) is 4.32. The molecular formula is C14H21Cl2NO. The molecular weight excluding hydrogens is 269 g/mol. The summed E-state index contributed by atoms with van der Waals surface area (Å²) < 4.78 is 5.61. The molecule has 2 nitrogen and oxygen atoms in total. The molecule has 0 amide bonds. The minimum absolute atomic E-state index is 0.0474. The van der Waals surface area contributed by atoms with Crippen LogP contribution in [0.3, 0.4) is 0 Å². The Labute approximate surface area is 120 Å². The fourth-order valence-electron chi connectivity index (χ4n) is 2.18. The lowest BCUT2D eigenvalue weighted by Crippen LogP contribution is -2.36. The molecule has 0 heterocycles. The summed E-state index contributed by atoms with van der Waals surface area (Å²) in [7, 11) is 1.73. The van der Waals surface area contributed by atoms with Crippen LogP contribution < -0.4 is 5.32 Å². The zero-order chi connectivity index (χ0) is 13.7. The zero-order valence-electron chi connectivity index (χ0n) is 11.3. The van der Waals surface area contributed by atoms with E-state index in [9.17, 15) is 0 Å². The third-order valence-corrected chi connectivity index (χ3v) is 3.83. The Bertz CT molecular complexity index is 382. The topological polar surface area (TPSA) is 21.3 Å². The molecule has 102 valence electrons. The van der Waals surface area contributed by atoms with E-state index in [0.29, 0.717) is 16.0 Å². The van der Waals surface area contributed by atoms with E-state index < -0.39 is 0 Å². The van der Waals surface area contributed by atoms with Crippen LogP contribution in [0.25, 0.3) is 0 Å². The number of ether oxygens (including phenoxy) is 1. The van der Waals surface area contributed by atoms with Gasteiger partial charge in [-0.3, -0.25) is 0 Å². The van der Waals surface area contributed by atoms with E-state index in [1.165, 1.54) is 0 Å². The van der Waals surface area contributed by atoms with Crippen molar-refractivity contribution in [3.63, 3.8) is 0 Å². The van der Waals surface area contributed by atoms with Crippen LogP contribution in [0.5, 0.6) is 0 Å². The predicted molar refractivity (Wildman–Crippen MR) is 78.5 cm³/mol. The molecule has 0 aliphatic heterocycles. The van der Waals surface area contributed by atoms with E-state index in [0.717, 1.165) is 12.1 Å². The van der Waals surface area contributed by atoms with E-state index in [-0.39, 0.29) is 12.1 Å². The van der Waals surface area contributed by atoms with Crippen LogP contribution in [0.2, 0.25) is 10.0 Å². The van der Waals surface area contributed by atoms with Crippen LogP contribution in [-0.4, -0.2) is 19.8 Å². The number of nitrogens with one attached hydrogen (secondary N) is 1. The molecule has 0 saturated heterocycles. The minimum atomic E-state index is 0.0474. The maximum Gasteiger partial charge on any atom is 0.0789 e. The van der Waals surface area contributed by atoms with Gasteiger partial charge in [-0.2, -0.15) is 0 Å². The smallest absolute Gasteiger partial charge is 0.0789 e. The quantitative estimate of drug-likeness (QED) is 0.842. The normalized spacial score (nSPS) is 14.8. The van der Waals surface area contributed by atoms with Crippen molar-refractivity contribution in [1.82, 2.24) is 5.32 Å². The highest BCUT2D eigenvalue weighted by molar-refractivity contribution is 6.42. The van der Waals surface area contributed by atoms with Crippen molar-refractivity contribution in [1.29, 1.82) is 0 Å². The molecule has 4 heteroatoms. The van der Waals surface area contributed by atoms with Gasteiger partial charge in [0.15, 0.2) is 0 Å². The first-order valence-corrected chi connectivity index (χ1v) is 6.98. The fraction of sp³-hybridized carbons (Fsp3) is 0.571. The molecule has 1 N–H and O–H groups in total. The molecule has 0 aromatic heterocycles. The lowest BCUT2D eigenvalue weighted by atomic mass is 9.93. The number of benzene rings is 1. The molecule has 2 atom stereocenters. The number of likely N-dealkylation sites (N-methyl/N-ethyl adjacent to an activating group) is 1. The molecule has 1 rings (SSSR count). The first-order chi connectivity index (χ1) is 8.52. The van der Waals surface area contributed by atoms with Crippen molar-refractivity contribution in [2.24, 2.45) is 5.92 Å². The summed E-state index contributed by atoms with van der Waals surface area (Å²) in [5, 5.41) is 4.62. The van der Waals surface area contributed by atoms with Gasteiger partial charge >= 0.3 is 0 Å². The summed E-state index contributed by atoms with van der Waals surface area (Å²) in [6.45, 7) is 7.19. The molecule has 0 fully saturated rings. The van der Waals surface area contributed by atoms with Gasteiger partial charge in [-0.25, -0.2) is 0 Å². The van der Waals surface area contributed by atoms with E-state index in [2.05, 4.69) is 26.1 Å². The van der Waals surface area contributed by atoms with Crippen molar-refractivity contribution in [2.45, 2.75) is 32.9 Å². The fourth-order valence-corrected chi connectivity index (χ4v) is 2.60. The first kappa shape index (κ1) is 15.8. The van der Waals surface area contributed by atoms with Gasteiger partial charge in [-0.1, -0.05) is 56.1 Å². The maximum absolute atomic E-state index is 6.30. The minimum Gasteiger partial charge on any atom is -0.379 e. The molecule has 0 radical (unpaired) electrons. The van der Waals surface area contributed by atoms with Gasteiger partial charge in [0, 0.05) is 7.11 Å². The number of rotatable bonds is 6. The monoisotopic (exact) mass is 289 g/mol. The van der Waals surface area contributed by atoms with Crippen LogP contribution in [-0.2, 0) is 4.74 Å². The Morgan fingerprint density at radius 1 is 1.28 bits per heavy atom. The second-order valence-electron chi connectivity index (χ2n) is 4.62. The highest BCUT2D eigenvalue weighted by atomic mass is 35.5. The summed E-state index contributed by atoms with van der Waals surface area (Å²) in [4.78, 5) is 0. The molecule has 0 aliphatic rings.